The monoisotopic (exact) mass is 276 g/mol. The Balaban J connectivity index is 1.81. The summed E-state index contributed by atoms with van der Waals surface area (Å²) in [6, 6.07) is 21.3. The molecule has 0 radical (unpaired) electrons. The molecular formula is C21H24. The van der Waals surface area contributed by atoms with E-state index >= 15 is 0 Å². The van der Waals surface area contributed by atoms with E-state index in [0.717, 1.165) is 6.42 Å². The van der Waals surface area contributed by atoms with Crippen molar-refractivity contribution < 1.29 is 0 Å². The molecule has 0 heteroatoms. The van der Waals surface area contributed by atoms with Crippen molar-refractivity contribution in [3.63, 3.8) is 0 Å². The summed E-state index contributed by atoms with van der Waals surface area (Å²) < 4.78 is 0. The predicted molar refractivity (Wildman–Crippen MR) is 92.6 cm³/mol. The van der Waals surface area contributed by atoms with Gasteiger partial charge in [-0.25, -0.2) is 0 Å². The average Bonchev–Trinajstić information content (AvgIpc) is 2.55. The molecule has 0 nitrogen and oxygen atoms in total. The molecule has 2 rings (SSSR count). The first-order valence-corrected chi connectivity index (χ1v) is 7.70. The number of benzene rings is 2. The summed E-state index contributed by atoms with van der Waals surface area (Å²) in [6.07, 6.45) is 10.1. The van der Waals surface area contributed by atoms with Gasteiger partial charge in [0.05, 0.1) is 0 Å². The third kappa shape index (κ3) is 5.07. The third-order valence-corrected chi connectivity index (χ3v) is 3.77. The van der Waals surface area contributed by atoms with Crippen LogP contribution in [0.5, 0.6) is 0 Å². The number of hydrogen-bond acceptors (Lipinski definition) is 0. The first-order valence-electron chi connectivity index (χ1n) is 7.70. The van der Waals surface area contributed by atoms with Gasteiger partial charge in [-0.05, 0) is 29.4 Å². The average molecular weight is 276 g/mol. The molecule has 0 saturated heterocycles. The van der Waals surface area contributed by atoms with E-state index in [1.807, 2.05) is 0 Å². The zero-order valence-electron chi connectivity index (χ0n) is 12.9. The molecule has 0 aliphatic carbocycles. The molecule has 0 amide bonds. The van der Waals surface area contributed by atoms with Gasteiger partial charge < -0.3 is 0 Å². The molecule has 0 saturated carbocycles. The molecule has 0 bridgehead atoms. The lowest BCUT2D eigenvalue weighted by Gasteiger charge is -2.06. The van der Waals surface area contributed by atoms with Crippen LogP contribution >= 0.6 is 0 Å². The second-order valence-electron chi connectivity index (χ2n) is 5.49. The van der Waals surface area contributed by atoms with Crippen LogP contribution in [0.25, 0.3) is 0 Å². The van der Waals surface area contributed by atoms with E-state index in [0.29, 0.717) is 11.8 Å². The van der Waals surface area contributed by atoms with E-state index in [4.69, 9.17) is 0 Å². The first-order chi connectivity index (χ1) is 10.3. The summed E-state index contributed by atoms with van der Waals surface area (Å²) in [5.74, 6) is 0.956. The van der Waals surface area contributed by atoms with Crippen LogP contribution in [0, 0.1) is 0 Å². The summed E-state index contributed by atoms with van der Waals surface area (Å²) in [5, 5.41) is 0. The molecule has 108 valence electrons. The lowest BCUT2D eigenvalue weighted by atomic mass is 9.99. The van der Waals surface area contributed by atoms with Crippen LogP contribution in [0.15, 0.2) is 85.0 Å². The summed E-state index contributed by atoms with van der Waals surface area (Å²) in [5.41, 5.74) is 2.74. The Morgan fingerprint density at radius 3 is 1.43 bits per heavy atom. The minimum absolute atomic E-state index is 0.478. The van der Waals surface area contributed by atoms with Crippen molar-refractivity contribution in [2.24, 2.45) is 0 Å². The van der Waals surface area contributed by atoms with Crippen LogP contribution in [-0.2, 0) is 0 Å². The van der Waals surface area contributed by atoms with E-state index in [1.54, 1.807) is 0 Å². The Morgan fingerprint density at radius 2 is 1.05 bits per heavy atom. The SMILES string of the molecule is CC(/C=C/C/C=C/C(C)c1ccccc1)c1ccccc1. The Hall–Kier alpha value is -2.08. The molecule has 2 aromatic rings. The summed E-state index contributed by atoms with van der Waals surface area (Å²) in [7, 11) is 0. The van der Waals surface area contributed by atoms with Gasteiger partial charge in [-0.3, -0.25) is 0 Å². The number of hydrogen-bond donors (Lipinski definition) is 0. The molecule has 2 unspecified atom stereocenters. The van der Waals surface area contributed by atoms with Gasteiger partial charge in [-0.2, -0.15) is 0 Å². The normalized spacial score (nSPS) is 14.6. The smallest absolute Gasteiger partial charge is 0.00103 e. The second-order valence-corrected chi connectivity index (χ2v) is 5.49. The van der Waals surface area contributed by atoms with Crippen molar-refractivity contribution >= 4 is 0 Å². The van der Waals surface area contributed by atoms with Crippen LogP contribution in [0.2, 0.25) is 0 Å². The van der Waals surface area contributed by atoms with Crippen molar-refractivity contribution in [3.8, 4) is 0 Å². The highest BCUT2D eigenvalue weighted by Crippen LogP contribution is 2.17. The van der Waals surface area contributed by atoms with Crippen molar-refractivity contribution in [2.75, 3.05) is 0 Å². The molecule has 0 aliphatic heterocycles. The van der Waals surface area contributed by atoms with Gasteiger partial charge in [0.2, 0.25) is 0 Å². The number of allylic oxidation sites excluding steroid dienone is 4. The highest BCUT2D eigenvalue weighted by atomic mass is 14.0. The van der Waals surface area contributed by atoms with Gasteiger partial charge in [0.25, 0.3) is 0 Å². The van der Waals surface area contributed by atoms with Crippen molar-refractivity contribution in [3.05, 3.63) is 96.1 Å². The van der Waals surface area contributed by atoms with E-state index in [-0.39, 0.29) is 0 Å². The molecule has 2 atom stereocenters. The number of rotatable bonds is 6. The Kier molecular flexibility index (Phi) is 6.02. The lowest BCUT2D eigenvalue weighted by Crippen LogP contribution is -1.88. The lowest BCUT2D eigenvalue weighted by molar-refractivity contribution is 0.952. The van der Waals surface area contributed by atoms with Crippen LogP contribution in [-0.4, -0.2) is 0 Å². The fourth-order valence-electron chi connectivity index (χ4n) is 2.38. The van der Waals surface area contributed by atoms with E-state index < -0.39 is 0 Å². The maximum absolute atomic E-state index is 2.28. The third-order valence-electron chi connectivity index (χ3n) is 3.77. The maximum atomic E-state index is 2.28. The minimum atomic E-state index is 0.478. The molecule has 0 aromatic heterocycles. The van der Waals surface area contributed by atoms with Crippen molar-refractivity contribution in [1.82, 2.24) is 0 Å². The molecule has 21 heavy (non-hydrogen) atoms. The van der Waals surface area contributed by atoms with Gasteiger partial charge in [0, 0.05) is 0 Å². The molecule has 0 N–H and O–H groups in total. The predicted octanol–water partition coefficient (Wildman–Crippen LogP) is 6.10. The molecule has 0 aliphatic rings. The Bertz CT molecular complexity index is 510. The molecule has 0 spiro atoms. The molecule has 2 aromatic carbocycles. The minimum Gasteiger partial charge on any atom is -0.0841 e. The molecular weight excluding hydrogens is 252 g/mol. The molecule has 0 fully saturated rings. The largest absolute Gasteiger partial charge is 0.0841 e. The summed E-state index contributed by atoms with van der Waals surface area (Å²) in [6.45, 7) is 4.48. The zero-order valence-corrected chi connectivity index (χ0v) is 12.9. The van der Waals surface area contributed by atoms with Crippen molar-refractivity contribution in [2.45, 2.75) is 32.1 Å². The van der Waals surface area contributed by atoms with Gasteiger partial charge in [-0.15, -0.1) is 0 Å². The standard InChI is InChI=1S/C21H24/c1-18(20-14-8-4-9-15-20)12-6-3-7-13-19(2)21-16-10-5-11-17-21/h4-19H,3H2,1-2H3/b12-6+,13-7+. The second kappa shape index (κ2) is 8.26. The van der Waals surface area contributed by atoms with Crippen LogP contribution in [0.1, 0.15) is 43.2 Å². The highest BCUT2D eigenvalue weighted by molar-refractivity contribution is 5.24. The zero-order chi connectivity index (χ0) is 14.9. The van der Waals surface area contributed by atoms with Crippen LogP contribution < -0.4 is 0 Å². The Morgan fingerprint density at radius 1 is 0.667 bits per heavy atom. The first kappa shape index (κ1) is 15.3. The topological polar surface area (TPSA) is 0 Å². The summed E-state index contributed by atoms with van der Waals surface area (Å²) in [4.78, 5) is 0. The highest BCUT2D eigenvalue weighted by Gasteiger charge is 1.99. The summed E-state index contributed by atoms with van der Waals surface area (Å²) >= 11 is 0. The van der Waals surface area contributed by atoms with Gasteiger partial charge in [0.1, 0.15) is 0 Å². The maximum Gasteiger partial charge on any atom is -0.00103 e. The fraction of sp³-hybridized carbons (Fsp3) is 0.238. The Labute approximate surface area is 128 Å². The van der Waals surface area contributed by atoms with Gasteiger partial charge >= 0.3 is 0 Å². The molecule has 0 heterocycles. The van der Waals surface area contributed by atoms with E-state index in [1.165, 1.54) is 11.1 Å². The van der Waals surface area contributed by atoms with Crippen LogP contribution in [0.4, 0.5) is 0 Å². The fourth-order valence-corrected chi connectivity index (χ4v) is 2.38. The van der Waals surface area contributed by atoms with E-state index in [9.17, 15) is 0 Å². The van der Waals surface area contributed by atoms with Crippen molar-refractivity contribution in [1.29, 1.82) is 0 Å². The van der Waals surface area contributed by atoms with E-state index in [2.05, 4.69) is 98.8 Å². The van der Waals surface area contributed by atoms with Crippen LogP contribution in [0.3, 0.4) is 0 Å². The van der Waals surface area contributed by atoms with Gasteiger partial charge in [-0.1, -0.05) is 98.8 Å². The van der Waals surface area contributed by atoms with Gasteiger partial charge in [0.15, 0.2) is 0 Å². The quantitative estimate of drug-likeness (QED) is 0.559.